The zero-order valence-corrected chi connectivity index (χ0v) is 9.97. The highest BCUT2D eigenvalue weighted by atomic mass is 16.4. The van der Waals surface area contributed by atoms with Gasteiger partial charge in [0.1, 0.15) is 0 Å². The maximum atomic E-state index is 10.5. The predicted octanol–water partition coefficient (Wildman–Crippen LogP) is 2.77. The van der Waals surface area contributed by atoms with Crippen molar-refractivity contribution in [1.29, 1.82) is 0 Å². The second kappa shape index (κ2) is 5.04. The molecule has 2 rings (SSSR count). The van der Waals surface area contributed by atoms with Gasteiger partial charge in [-0.25, -0.2) is 4.79 Å². The van der Waals surface area contributed by atoms with Gasteiger partial charge in [-0.3, -0.25) is 0 Å². The van der Waals surface area contributed by atoms with Crippen molar-refractivity contribution in [3.05, 3.63) is 35.9 Å². The Labute approximate surface area is 101 Å². The average Bonchev–Trinajstić information content (AvgIpc) is 2.73. The molecule has 0 aromatic heterocycles. The molecule has 1 atom stereocenters. The number of carboxylic acids is 1. The number of carbonyl (C=O) groups is 1. The van der Waals surface area contributed by atoms with Crippen molar-refractivity contribution in [3.8, 4) is 0 Å². The third-order valence-corrected chi connectivity index (χ3v) is 3.17. The summed E-state index contributed by atoms with van der Waals surface area (Å²) >= 11 is 0. The first-order valence-corrected chi connectivity index (χ1v) is 5.94. The smallest absolute Gasteiger partial charge is 0.328 e. The molecule has 0 saturated carbocycles. The molecule has 1 heterocycles. The van der Waals surface area contributed by atoms with Crippen molar-refractivity contribution in [2.75, 3.05) is 11.4 Å². The molecule has 1 aromatic carbocycles. The van der Waals surface area contributed by atoms with Crippen molar-refractivity contribution >= 4 is 17.7 Å². The molecule has 0 spiro atoms. The lowest BCUT2D eigenvalue weighted by atomic mass is 10.1. The Kier molecular flexibility index (Phi) is 3.47. The minimum Gasteiger partial charge on any atom is -0.478 e. The minimum atomic E-state index is -0.912. The Balaban J connectivity index is 2.19. The van der Waals surface area contributed by atoms with Gasteiger partial charge in [0, 0.05) is 24.4 Å². The number of nitrogens with zero attached hydrogens (tertiary/aromatic N) is 1. The highest BCUT2D eigenvalue weighted by Crippen LogP contribution is 2.26. The predicted molar refractivity (Wildman–Crippen MR) is 69.2 cm³/mol. The van der Waals surface area contributed by atoms with Gasteiger partial charge in [-0.1, -0.05) is 12.1 Å². The molecular weight excluding hydrogens is 214 g/mol. The minimum absolute atomic E-state index is 0.578. The van der Waals surface area contributed by atoms with Crippen LogP contribution in [0.3, 0.4) is 0 Å². The summed E-state index contributed by atoms with van der Waals surface area (Å²) in [6.45, 7) is 3.32. The van der Waals surface area contributed by atoms with E-state index in [9.17, 15) is 4.79 Å². The number of anilines is 1. The van der Waals surface area contributed by atoms with E-state index >= 15 is 0 Å². The highest BCUT2D eigenvalue weighted by molar-refractivity contribution is 5.85. The van der Waals surface area contributed by atoms with E-state index in [1.165, 1.54) is 24.6 Å². The molecule has 0 bridgehead atoms. The third-order valence-electron chi connectivity index (χ3n) is 3.17. The molecule has 90 valence electrons. The number of hydrogen-bond acceptors (Lipinski definition) is 2. The van der Waals surface area contributed by atoms with Crippen LogP contribution in [0.5, 0.6) is 0 Å². The van der Waals surface area contributed by atoms with Crippen LogP contribution in [-0.2, 0) is 4.79 Å². The first-order valence-electron chi connectivity index (χ1n) is 5.94. The second-order valence-corrected chi connectivity index (χ2v) is 4.45. The first kappa shape index (κ1) is 11.7. The Hall–Kier alpha value is -1.77. The molecule has 3 nitrogen and oxygen atoms in total. The maximum absolute atomic E-state index is 10.5. The topological polar surface area (TPSA) is 40.5 Å². The van der Waals surface area contributed by atoms with Gasteiger partial charge in [-0.15, -0.1) is 0 Å². The van der Waals surface area contributed by atoms with Gasteiger partial charge in [-0.05, 0) is 43.5 Å². The largest absolute Gasteiger partial charge is 0.478 e. The van der Waals surface area contributed by atoms with Crippen molar-refractivity contribution in [2.45, 2.75) is 25.8 Å². The lowest BCUT2D eigenvalue weighted by Crippen LogP contribution is -2.26. The Bertz CT molecular complexity index is 440. The Morgan fingerprint density at radius 1 is 1.53 bits per heavy atom. The van der Waals surface area contributed by atoms with Gasteiger partial charge in [0.25, 0.3) is 0 Å². The maximum Gasteiger partial charge on any atom is 0.328 e. The zero-order valence-electron chi connectivity index (χ0n) is 9.97. The molecule has 0 aliphatic carbocycles. The molecule has 0 amide bonds. The number of aliphatic carboxylic acids is 1. The summed E-state index contributed by atoms with van der Waals surface area (Å²) in [5, 5.41) is 8.60. The van der Waals surface area contributed by atoms with Crippen LogP contribution in [0.1, 0.15) is 25.3 Å². The quantitative estimate of drug-likeness (QED) is 0.813. The summed E-state index contributed by atoms with van der Waals surface area (Å²) in [5.41, 5.74) is 2.12. The third kappa shape index (κ3) is 2.87. The van der Waals surface area contributed by atoms with Gasteiger partial charge >= 0.3 is 5.97 Å². The molecule has 1 aromatic rings. The van der Waals surface area contributed by atoms with Gasteiger partial charge in [-0.2, -0.15) is 0 Å². The molecule has 1 unspecified atom stereocenters. The molecule has 0 radical (unpaired) electrons. The average molecular weight is 231 g/mol. The molecule has 1 N–H and O–H groups in total. The first-order chi connectivity index (χ1) is 8.16. The molecule has 1 saturated heterocycles. The van der Waals surface area contributed by atoms with E-state index in [2.05, 4.69) is 17.9 Å². The highest BCUT2D eigenvalue weighted by Gasteiger charge is 2.20. The van der Waals surface area contributed by atoms with Crippen molar-refractivity contribution in [3.63, 3.8) is 0 Å². The molecule has 1 aliphatic rings. The van der Waals surface area contributed by atoms with E-state index in [1.807, 2.05) is 18.2 Å². The zero-order chi connectivity index (χ0) is 12.3. The van der Waals surface area contributed by atoms with Crippen LogP contribution in [0.15, 0.2) is 30.3 Å². The SMILES string of the molecule is CC1CCCN1c1cccc(/C=C/C(=O)O)c1. The van der Waals surface area contributed by atoms with Crippen molar-refractivity contribution < 1.29 is 9.90 Å². The molecule has 3 heteroatoms. The van der Waals surface area contributed by atoms with E-state index in [0.717, 1.165) is 12.1 Å². The van der Waals surface area contributed by atoms with Crippen LogP contribution < -0.4 is 4.90 Å². The van der Waals surface area contributed by atoms with Crippen molar-refractivity contribution in [2.24, 2.45) is 0 Å². The Morgan fingerprint density at radius 3 is 3.00 bits per heavy atom. The summed E-state index contributed by atoms with van der Waals surface area (Å²) < 4.78 is 0. The van der Waals surface area contributed by atoms with Crippen LogP contribution in [0.2, 0.25) is 0 Å². The van der Waals surface area contributed by atoms with E-state index in [1.54, 1.807) is 6.08 Å². The Morgan fingerprint density at radius 2 is 2.35 bits per heavy atom. The number of benzene rings is 1. The summed E-state index contributed by atoms with van der Waals surface area (Å²) in [6, 6.07) is 8.60. The lowest BCUT2D eigenvalue weighted by Gasteiger charge is -2.24. The molecular formula is C14H17NO2. The summed E-state index contributed by atoms with van der Waals surface area (Å²) in [4.78, 5) is 12.8. The van der Waals surface area contributed by atoms with Crippen LogP contribution in [0.25, 0.3) is 6.08 Å². The van der Waals surface area contributed by atoms with Crippen LogP contribution in [0, 0.1) is 0 Å². The van der Waals surface area contributed by atoms with Gasteiger partial charge in [0.15, 0.2) is 0 Å². The normalized spacial score (nSPS) is 20.1. The van der Waals surface area contributed by atoms with Crippen LogP contribution >= 0.6 is 0 Å². The molecule has 17 heavy (non-hydrogen) atoms. The number of carboxylic acid groups (broad SMARTS) is 1. The van der Waals surface area contributed by atoms with Gasteiger partial charge in [0.2, 0.25) is 0 Å². The van der Waals surface area contributed by atoms with Gasteiger partial charge < -0.3 is 10.0 Å². The fourth-order valence-corrected chi connectivity index (χ4v) is 2.29. The van der Waals surface area contributed by atoms with Crippen LogP contribution in [-0.4, -0.2) is 23.7 Å². The van der Waals surface area contributed by atoms with E-state index in [-0.39, 0.29) is 0 Å². The second-order valence-electron chi connectivity index (χ2n) is 4.45. The fourth-order valence-electron chi connectivity index (χ4n) is 2.29. The summed E-state index contributed by atoms with van der Waals surface area (Å²) in [7, 11) is 0. The fraction of sp³-hybridized carbons (Fsp3) is 0.357. The monoisotopic (exact) mass is 231 g/mol. The molecule has 1 fully saturated rings. The lowest BCUT2D eigenvalue weighted by molar-refractivity contribution is -0.131. The van der Waals surface area contributed by atoms with E-state index in [0.29, 0.717) is 6.04 Å². The summed E-state index contributed by atoms with van der Waals surface area (Å²) in [5.74, 6) is -0.912. The van der Waals surface area contributed by atoms with Crippen LogP contribution in [0.4, 0.5) is 5.69 Å². The van der Waals surface area contributed by atoms with Crippen molar-refractivity contribution in [1.82, 2.24) is 0 Å². The van der Waals surface area contributed by atoms with Gasteiger partial charge in [0.05, 0.1) is 0 Å². The standard InChI is InChI=1S/C14H17NO2/c1-11-4-3-9-15(11)13-6-2-5-12(10-13)7-8-14(16)17/h2,5-8,10-11H,3-4,9H2,1H3,(H,16,17)/b8-7+. The van der Waals surface area contributed by atoms with E-state index in [4.69, 9.17) is 5.11 Å². The molecule has 1 aliphatic heterocycles. The summed E-state index contributed by atoms with van der Waals surface area (Å²) in [6.07, 6.45) is 5.27. The van der Waals surface area contributed by atoms with E-state index < -0.39 is 5.97 Å². The number of rotatable bonds is 3. The number of hydrogen-bond donors (Lipinski definition) is 1.